The Bertz CT molecular complexity index is 1050. The third kappa shape index (κ3) is 4.97. The number of nitrogens with zero attached hydrogens (tertiary/aromatic N) is 2. The van der Waals surface area contributed by atoms with Crippen molar-refractivity contribution in [3.63, 3.8) is 0 Å². The van der Waals surface area contributed by atoms with Gasteiger partial charge in [0.15, 0.2) is 5.78 Å². The molecule has 3 rings (SSSR count). The van der Waals surface area contributed by atoms with Crippen molar-refractivity contribution in [3.05, 3.63) is 63.2 Å². The van der Waals surface area contributed by atoms with Crippen LogP contribution in [0.1, 0.15) is 30.1 Å². The van der Waals surface area contributed by atoms with E-state index in [2.05, 4.69) is 12.2 Å². The maximum Gasteiger partial charge on any atom is 0.289 e. The van der Waals surface area contributed by atoms with Gasteiger partial charge in [-0.25, -0.2) is 8.42 Å². The van der Waals surface area contributed by atoms with E-state index >= 15 is 0 Å². The minimum atomic E-state index is -3.57. The van der Waals surface area contributed by atoms with Gasteiger partial charge in [0.25, 0.3) is 5.69 Å². The van der Waals surface area contributed by atoms with Crippen LogP contribution in [0.2, 0.25) is 5.02 Å². The molecule has 0 bridgehead atoms. The highest BCUT2D eigenvalue weighted by Gasteiger charge is 2.28. The first-order valence-electron chi connectivity index (χ1n) is 9.49. The molecule has 160 valence electrons. The van der Waals surface area contributed by atoms with Crippen molar-refractivity contribution >= 4 is 38.8 Å². The largest absolute Gasteiger partial charge is 0.377 e. The van der Waals surface area contributed by atoms with E-state index in [1.165, 1.54) is 46.8 Å². The van der Waals surface area contributed by atoms with Crippen molar-refractivity contribution in [2.45, 2.75) is 24.7 Å². The molecule has 1 saturated heterocycles. The summed E-state index contributed by atoms with van der Waals surface area (Å²) in [5, 5.41) is 13.8. The van der Waals surface area contributed by atoms with E-state index in [9.17, 15) is 23.3 Å². The fraction of sp³-hybridized carbons (Fsp3) is 0.350. The van der Waals surface area contributed by atoms with E-state index in [1.54, 1.807) is 0 Å². The molecule has 0 aliphatic carbocycles. The number of Topliss-reactive ketones (excluding diaryl/α,β-unsaturated/α-hetero) is 1. The van der Waals surface area contributed by atoms with Crippen LogP contribution in [0.4, 0.5) is 11.4 Å². The van der Waals surface area contributed by atoms with Crippen LogP contribution in [0.15, 0.2) is 47.4 Å². The van der Waals surface area contributed by atoms with Gasteiger partial charge < -0.3 is 5.32 Å². The molecule has 2 aromatic rings. The van der Waals surface area contributed by atoms with Gasteiger partial charge in [-0.1, -0.05) is 18.5 Å². The summed E-state index contributed by atoms with van der Waals surface area (Å²) in [6.45, 7) is 3.01. The van der Waals surface area contributed by atoms with Gasteiger partial charge in [-0.3, -0.25) is 14.9 Å². The van der Waals surface area contributed by atoms with Crippen molar-refractivity contribution in [3.8, 4) is 0 Å². The fourth-order valence-corrected chi connectivity index (χ4v) is 4.89. The van der Waals surface area contributed by atoms with E-state index in [1.807, 2.05) is 0 Å². The first-order chi connectivity index (χ1) is 14.2. The Morgan fingerprint density at radius 3 is 2.43 bits per heavy atom. The maximum absolute atomic E-state index is 12.8. The lowest BCUT2D eigenvalue weighted by atomic mass is 10.0. The first kappa shape index (κ1) is 22.2. The van der Waals surface area contributed by atoms with Crippen LogP contribution >= 0.6 is 11.6 Å². The maximum atomic E-state index is 12.8. The van der Waals surface area contributed by atoms with Gasteiger partial charge in [0.2, 0.25) is 10.0 Å². The molecule has 0 aromatic heterocycles. The summed E-state index contributed by atoms with van der Waals surface area (Å²) in [5.41, 5.74) is 0.478. The second-order valence-electron chi connectivity index (χ2n) is 7.31. The average Bonchev–Trinajstić information content (AvgIpc) is 2.73. The summed E-state index contributed by atoms with van der Waals surface area (Å²) in [6.07, 6.45) is 1.68. The summed E-state index contributed by atoms with van der Waals surface area (Å²) in [6, 6.07) is 10.0. The number of hydrogen-bond acceptors (Lipinski definition) is 6. The molecule has 1 fully saturated rings. The Morgan fingerprint density at radius 1 is 1.20 bits per heavy atom. The molecule has 0 radical (unpaired) electrons. The molecule has 0 amide bonds. The molecule has 10 heteroatoms. The quantitative estimate of drug-likeness (QED) is 0.387. The number of rotatable bonds is 7. The van der Waals surface area contributed by atoms with Gasteiger partial charge in [0.1, 0.15) is 5.02 Å². The molecule has 1 N–H and O–H groups in total. The zero-order valence-corrected chi connectivity index (χ0v) is 17.9. The molecule has 8 nitrogen and oxygen atoms in total. The van der Waals surface area contributed by atoms with E-state index < -0.39 is 14.9 Å². The molecule has 1 heterocycles. The number of nitro benzene ring substituents is 1. The highest BCUT2D eigenvalue weighted by molar-refractivity contribution is 7.89. The van der Waals surface area contributed by atoms with Crippen LogP contribution in [0.3, 0.4) is 0 Å². The molecule has 0 spiro atoms. The van der Waals surface area contributed by atoms with Gasteiger partial charge in [0, 0.05) is 30.4 Å². The summed E-state index contributed by atoms with van der Waals surface area (Å²) < 4.78 is 27.0. The van der Waals surface area contributed by atoms with Crippen molar-refractivity contribution in [2.24, 2.45) is 5.92 Å². The molecule has 1 aliphatic rings. The molecule has 0 saturated carbocycles. The topological polar surface area (TPSA) is 110 Å². The number of carbonyl (C=O) groups excluding carboxylic acids is 1. The Balaban J connectivity index is 1.65. The van der Waals surface area contributed by atoms with Gasteiger partial charge >= 0.3 is 0 Å². The fourth-order valence-electron chi connectivity index (χ4n) is 3.23. The highest BCUT2D eigenvalue weighted by atomic mass is 35.5. The normalized spacial score (nSPS) is 15.7. The SMILES string of the molecule is CC1CCN(S(=O)(=O)c2ccc(C(=O)CNc3ccc(Cl)c([N+](=O)[O-])c3)cc2)CC1. The number of benzene rings is 2. The second-order valence-corrected chi connectivity index (χ2v) is 9.66. The van der Waals surface area contributed by atoms with Crippen LogP contribution in [0.25, 0.3) is 0 Å². The lowest BCUT2D eigenvalue weighted by Crippen LogP contribution is -2.37. The molecular formula is C20H22ClN3O5S. The van der Waals surface area contributed by atoms with Gasteiger partial charge in [0.05, 0.1) is 16.4 Å². The van der Waals surface area contributed by atoms with Crippen LogP contribution in [-0.2, 0) is 10.0 Å². The Hall–Kier alpha value is -2.49. The Kier molecular flexibility index (Phi) is 6.74. The zero-order valence-electron chi connectivity index (χ0n) is 16.4. The predicted octanol–water partition coefficient (Wildman–Crippen LogP) is 3.96. The summed E-state index contributed by atoms with van der Waals surface area (Å²) >= 11 is 5.78. The third-order valence-electron chi connectivity index (χ3n) is 5.15. The molecule has 2 aromatic carbocycles. The highest BCUT2D eigenvalue weighted by Crippen LogP contribution is 2.27. The number of halogens is 1. The summed E-state index contributed by atoms with van der Waals surface area (Å²) in [5.74, 6) is 0.245. The van der Waals surface area contributed by atoms with E-state index in [4.69, 9.17) is 11.6 Å². The van der Waals surface area contributed by atoms with E-state index in [-0.39, 0.29) is 27.9 Å². The number of carbonyl (C=O) groups is 1. The van der Waals surface area contributed by atoms with Crippen molar-refractivity contribution < 1.29 is 18.1 Å². The number of hydrogen-bond donors (Lipinski definition) is 1. The monoisotopic (exact) mass is 451 g/mol. The number of anilines is 1. The van der Waals surface area contributed by atoms with Crippen molar-refractivity contribution in [1.29, 1.82) is 0 Å². The van der Waals surface area contributed by atoms with Gasteiger partial charge in [-0.15, -0.1) is 0 Å². The predicted molar refractivity (Wildman–Crippen MR) is 115 cm³/mol. The number of piperidine rings is 1. The molecule has 30 heavy (non-hydrogen) atoms. The molecule has 1 aliphatic heterocycles. The second kappa shape index (κ2) is 9.11. The summed E-state index contributed by atoms with van der Waals surface area (Å²) in [7, 11) is -3.57. The number of ketones is 1. The standard InChI is InChI=1S/C20H22ClN3O5S/c1-14-8-10-23(11-9-14)30(28,29)17-5-2-15(3-6-17)20(25)13-22-16-4-7-18(21)19(12-16)24(26)27/h2-7,12,14,22H,8-11,13H2,1H3. The zero-order chi connectivity index (χ0) is 21.9. The van der Waals surface area contributed by atoms with Crippen LogP contribution in [-0.4, -0.2) is 43.1 Å². The van der Waals surface area contributed by atoms with E-state index in [0.29, 0.717) is 30.3 Å². The van der Waals surface area contributed by atoms with E-state index in [0.717, 1.165) is 12.8 Å². The van der Waals surface area contributed by atoms with Crippen LogP contribution < -0.4 is 5.32 Å². The van der Waals surface area contributed by atoms with Gasteiger partial charge in [-0.05, 0) is 55.2 Å². The molecule has 0 unspecified atom stereocenters. The molecular weight excluding hydrogens is 430 g/mol. The third-order valence-corrected chi connectivity index (χ3v) is 7.39. The average molecular weight is 452 g/mol. The molecule has 0 atom stereocenters. The number of nitro groups is 1. The lowest BCUT2D eigenvalue weighted by molar-refractivity contribution is -0.384. The smallest absolute Gasteiger partial charge is 0.289 e. The van der Waals surface area contributed by atoms with Crippen LogP contribution in [0, 0.1) is 16.0 Å². The van der Waals surface area contributed by atoms with Gasteiger partial charge in [-0.2, -0.15) is 4.31 Å². The Morgan fingerprint density at radius 2 is 1.83 bits per heavy atom. The number of sulfonamides is 1. The minimum Gasteiger partial charge on any atom is -0.377 e. The Labute approximate surface area is 180 Å². The van der Waals surface area contributed by atoms with Crippen molar-refractivity contribution in [1.82, 2.24) is 4.31 Å². The van der Waals surface area contributed by atoms with Crippen LogP contribution in [0.5, 0.6) is 0 Å². The lowest BCUT2D eigenvalue weighted by Gasteiger charge is -2.29. The number of nitrogens with one attached hydrogen (secondary N) is 1. The summed E-state index contributed by atoms with van der Waals surface area (Å²) in [4.78, 5) is 22.9. The minimum absolute atomic E-state index is 0.0110. The van der Waals surface area contributed by atoms with Crippen molar-refractivity contribution in [2.75, 3.05) is 25.0 Å². The first-order valence-corrected chi connectivity index (χ1v) is 11.3.